The van der Waals surface area contributed by atoms with Crippen LogP contribution < -0.4 is 15.4 Å². The third kappa shape index (κ3) is 4.89. The molecule has 0 saturated carbocycles. The number of thioether (sulfide) groups is 1. The lowest BCUT2D eigenvalue weighted by Gasteiger charge is -2.32. The number of fused-ring (bicyclic) bond motifs is 3. The maximum absolute atomic E-state index is 13.6. The summed E-state index contributed by atoms with van der Waals surface area (Å²) in [6.45, 7) is 8.23. The van der Waals surface area contributed by atoms with E-state index in [0.717, 1.165) is 16.9 Å². The van der Waals surface area contributed by atoms with Gasteiger partial charge in [-0.2, -0.15) is 0 Å². The van der Waals surface area contributed by atoms with E-state index in [1.807, 2.05) is 76.2 Å². The quantitative estimate of drug-likeness (QED) is 0.585. The van der Waals surface area contributed by atoms with E-state index in [1.54, 1.807) is 23.8 Å². The molecule has 3 amide bonds. The lowest BCUT2D eigenvalue weighted by molar-refractivity contribution is -0.132. The van der Waals surface area contributed by atoms with Crippen LogP contribution in [0.25, 0.3) is 0 Å². The van der Waals surface area contributed by atoms with Crippen LogP contribution in [0.4, 0.5) is 0 Å². The molecule has 0 aliphatic carbocycles. The number of carbonyl (C=O) groups excluding carboxylic acids is 3. The molecule has 0 bridgehead atoms. The lowest BCUT2D eigenvalue weighted by atomic mass is 9.98. The summed E-state index contributed by atoms with van der Waals surface area (Å²) in [5.74, 6) is 0.0245. The summed E-state index contributed by atoms with van der Waals surface area (Å²) in [5.41, 5.74) is 2.68. The van der Waals surface area contributed by atoms with Crippen LogP contribution in [0.2, 0.25) is 0 Å². The Kier molecular flexibility index (Phi) is 7.12. The van der Waals surface area contributed by atoms with Gasteiger partial charge in [0, 0.05) is 16.9 Å². The van der Waals surface area contributed by atoms with Crippen molar-refractivity contribution in [2.24, 2.45) is 5.92 Å². The predicted molar refractivity (Wildman–Crippen MR) is 137 cm³/mol. The van der Waals surface area contributed by atoms with Gasteiger partial charge in [0.25, 0.3) is 5.91 Å². The summed E-state index contributed by atoms with van der Waals surface area (Å²) in [4.78, 5) is 41.5. The van der Waals surface area contributed by atoms with Crippen molar-refractivity contribution in [1.82, 2.24) is 15.5 Å². The fraction of sp³-hybridized carbons (Fsp3) is 0.444. The fourth-order valence-corrected chi connectivity index (χ4v) is 6.39. The minimum absolute atomic E-state index is 0.112. The van der Waals surface area contributed by atoms with E-state index in [9.17, 15) is 14.4 Å². The van der Waals surface area contributed by atoms with Crippen LogP contribution in [-0.2, 0) is 16.0 Å². The zero-order chi connectivity index (χ0) is 25.3. The number of methoxy groups -OCH3 is 1. The summed E-state index contributed by atoms with van der Waals surface area (Å²) in [7, 11) is 1.62. The van der Waals surface area contributed by atoms with Crippen molar-refractivity contribution in [3.63, 3.8) is 0 Å². The highest BCUT2D eigenvalue weighted by Crippen LogP contribution is 2.56. The first-order chi connectivity index (χ1) is 16.6. The molecule has 8 heteroatoms. The topological polar surface area (TPSA) is 87.7 Å². The molecule has 2 N–H and O–H groups in total. The van der Waals surface area contributed by atoms with Crippen LogP contribution >= 0.6 is 11.8 Å². The van der Waals surface area contributed by atoms with E-state index < -0.39 is 16.8 Å². The second kappa shape index (κ2) is 9.93. The van der Waals surface area contributed by atoms with Gasteiger partial charge in [-0.05, 0) is 55.5 Å². The fourth-order valence-electron chi connectivity index (χ4n) is 4.80. The van der Waals surface area contributed by atoms with Crippen LogP contribution in [-0.4, -0.2) is 53.1 Å². The molecule has 4 rings (SSSR count). The van der Waals surface area contributed by atoms with Crippen molar-refractivity contribution in [3.05, 3.63) is 65.2 Å². The number of ether oxygens (including phenoxy) is 1. The van der Waals surface area contributed by atoms with Crippen molar-refractivity contribution in [2.45, 2.75) is 56.3 Å². The molecule has 186 valence electrons. The molecule has 1 fully saturated rings. The van der Waals surface area contributed by atoms with Gasteiger partial charge in [0.2, 0.25) is 11.8 Å². The van der Waals surface area contributed by atoms with Gasteiger partial charge in [0.15, 0.2) is 0 Å². The minimum atomic E-state index is -0.696. The number of hydrogen-bond acceptors (Lipinski definition) is 5. The Hall–Kier alpha value is -3.00. The molecule has 35 heavy (non-hydrogen) atoms. The van der Waals surface area contributed by atoms with E-state index in [4.69, 9.17) is 4.74 Å². The molecular formula is C27H33N3O4S. The average Bonchev–Trinajstić information content (AvgIpc) is 3.26. The Morgan fingerprint density at radius 1 is 1.11 bits per heavy atom. The second-order valence-corrected chi connectivity index (χ2v) is 11.6. The third-order valence-electron chi connectivity index (χ3n) is 6.66. The SMILES string of the molecule is COc1ccc(CCNC(=O)[C@@H](NC(=O)[C@H]2N3C(=O)c4ccccc4[C@@H]3SC2(C)C)C(C)C)cc1. The number of benzene rings is 2. The summed E-state index contributed by atoms with van der Waals surface area (Å²) in [6.07, 6.45) is 0.670. The molecule has 1 saturated heterocycles. The molecule has 2 aromatic rings. The van der Waals surface area contributed by atoms with Crippen LogP contribution in [0.1, 0.15) is 54.6 Å². The van der Waals surface area contributed by atoms with Crippen LogP contribution in [0.3, 0.4) is 0 Å². The Bertz CT molecular complexity index is 1120. The third-order valence-corrected chi connectivity index (χ3v) is 8.20. The number of hydrogen-bond donors (Lipinski definition) is 2. The van der Waals surface area contributed by atoms with Crippen molar-refractivity contribution in [1.29, 1.82) is 0 Å². The van der Waals surface area contributed by atoms with Crippen LogP contribution in [0.5, 0.6) is 5.75 Å². The van der Waals surface area contributed by atoms with E-state index in [0.29, 0.717) is 18.5 Å². The number of amides is 3. The highest BCUT2D eigenvalue weighted by atomic mass is 32.2. The van der Waals surface area contributed by atoms with Crippen LogP contribution in [0.15, 0.2) is 48.5 Å². The first kappa shape index (κ1) is 25.1. The smallest absolute Gasteiger partial charge is 0.256 e. The largest absolute Gasteiger partial charge is 0.497 e. The van der Waals surface area contributed by atoms with Gasteiger partial charge < -0.3 is 20.3 Å². The average molecular weight is 496 g/mol. The van der Waals surface area contributed by atoms with Crippen molar-refractivity contribution < 1.29 is 19.1 Å². The van der Waals surface area contributed by atoms with Crippen molar-refractivity contribution in [3.8, 4) is 5.75 Å². The highest BCUT2D eigenvalue weighted by molar-refractivity contribution is 8.01. The molecule has 0 aromatic heterocycles. The van der Waals surface area contributed by atoms with Gasteiger partial charge in [-0.15, -0.1) is 11.8 Å². The first-order valence-electron chi connectivity index (χ1n) is 11.9. The molecule has 0 unspecified atom stereocenters. The first-order valence-corrected chi connectivity index (χ1v) is 12.8. The van der Waals surface area contributed by atoms with Crippen molar-refractivity contribution >= 4 is 29.5 Å². The zero-order valence-electron chi connectivity index (χ0n) is 20.8. The maximum atomic E-state index is 13.6. The second-order valence-electron chi connectivity index (χ2n) is 9.90. The molecule has 0 radical (unpaired) electrons. The van der Waals surface area contributed by atoms with Gasteiger partial charge in [-0.1, -0.05) is 44.2 Å². The van der Waals surface area contributed by atoms with E-state index in [-0.39, 0.29) is 29.0 Å². The zero-order valence-corrected chi connectivity index (χ0v) is 21.6. The van der Waals surface area contributed by atoms with Gasteiger partial charge in [-0.3, -0.25) is 14.4 Å². The summed E-state index contributed by atoms with van der Waals surface area (Å²) < 4.78 is 4.68. The standard InChI is InChI=1S/C27H33N3O4S/c1-16(2)21(23(31)28-15-14-17-10-12-18(34-5)13-11-17)29-24(32)22-27(3,4)35-26-20-9-7-6-8-19(20)25(33)30(22)26/h6-13,16,21-22,26H,14-15H2,1-5H3,(H,28,31)(H,29,32)/t21-,22+,26-/m0/s1. The van der Waals surface area contributed by atoms with Crippen LogP contribution in [0, 0.1) is 5.92 Å². The Labute approximate surface area is 211 Å². The maximum Gasteiger partial charge on any atom is 0.256 e. The van der Waals surface area contributed by atoms with E-state index in [2.05, 4.69) is 10.6 Å². The van der Waals surface area contributed by atoms with Gasteiger partial charge in [0.05, 0.1) is 7.11 Å². The van der Waals surface area contributed by atoms with E-state index >= 15 is 0 Å². The minimum Gasteiger partial charge on any atom is -0.497 e. The molecule has 2 heterocycles. The molecule has 2 aliphatic heterocycles. The summed E-state index contributed by atoms with van der Waals surface area (Å²) >= 11 is 1.61. The number of nitrogens with one attached hydrogen (secondary N) is 2. The highest BCUT2D eigenvalue weighted by Gasteiger charge is 2.57. The molecule has 0 spiro atoms. The Morgan fingerprint density at radius 2 is 1.80 bits per heavy atom. The van der Waals surface area contributed by atoms with Crippen molar-refractivity contribution in [2.75, 3.05) is 13.7 Å². The Morgan fingerprint density at radius 3 is 2.46 bits per heavy atom. The van der Waals surface area contributed by atoms with Gasteiger partial charge >= 0.3 is 0 Å². The molecule has 2 aromatic carbocycles. The summed E-state index contributed by atoms with van der Waals surface area (Å²) in [5, 5.41) is 5.73. The number of rotatable bonds is 8. The summed E-state index contributed by atoms with van der Waals surface area (Å²) in [6, 6.07) is 13.9. The lowest BCUT2D eigenvalue weighted by Crippen LogP contribution is -2.58. The number of nitrogens with zero attached hydrogens (tertiary/aromatic N) is 1. The van der Waals surface area contributed by atoms with Gasteiger partial charge in [0.1, 0.15) is 23.2 Å². The molecule has 3 atom stereocenters. The Balaban J connectivity index is 1.42. The van der Waals surface area contributed by atoms with E-state index in [1.165, 1.54) is 0 Å². The number of carbonyl (C=O) groups is 3. The normalized spacial score (nSPS) is 20.9. The predicted octanol–water partition coefficient (Wildman–Crippen LogP) is 3.54. The molecule has 7 nitrogen and oxygen atoms in total. The molecule has 2 aliphatic rings. The monoisotopic (exact) mass is 495 g/mol. The van der Waals surface area contributed by atoms with Gasteiger partial charge in [-0.25, -0.2) is 0 Å². The molecular weight excluding hydrogens is 462 g/mol.